The molecule has 1 aromatic heterocycles. The molecular weight excluding hydrogens is 368 g/mol. The van der Waals surface area contributed by atoms with Crippen molar-refractivity contribution in [1.29, 1.82) is 0 Å². The summed E-state index contributed by atoms with van der Waals surface area (Å²) in [4.78, 5) is 18.7. The Morgan fingerprint density at radius 2 is 2.10 bits per heavy atom. The molecule has 0 bridgehead atoms. The van der Waals surface area contributed by atoms with Crippen LogP contribution in [0.3, 0.4) is 0 Å². The molecule has 2 aliphatic heterocycles. The summed E-state index contributed by atoms with van der Waals surface area (Å²) in [5, 5.41) is 3.00. The number of rotatable bonds is 5. The summed E-state index contributed by atoms with van der Waals surface area (Å²) < 4.78 is 12.0. The van der Waals surface area contributed by atoms with Crippen LogP contribution in [0.1, 0.15) is 28.8 Å². The lowest BCUT2D eigenvalue weighted by molar-refractivity contribution is 0.0476. The van der Waals surface area contributed by atoms with Crippen molar-refractivity contribution in [2.24, 2.45) is 5.92 Å². The molecule has 0 radical (unpaired) electrons. The number of nitrogens with zero attached hydrogens (tertiary/aromatic N) is 2. The number of amides is 1. The van der Waals surface area contributed by atoms with Crippen LogP contribution in [-0.2, 0) is 0 Å². The van der Waals surface area contributed by atoms with E-state index in [0.29, 0.717) is 24.6 Å². The Bertz CT molecular complexity index is 865. The number of benzene rings is 1. The van der Waals surface area contributed by atoms with Gasteiger partial charge in [-0.3, -0.25) is 9.69 Å². The van der Waals surface area contributed by atoms with E-state index in [1.807, 2.05) is 18.2 Å². The minimum atomic E-state index is -0.153. The molecule has 2 aliphatic rings. The van der Waals surface area contributed by atoms with Crippen molar-refractivity contribution in [3.05, 3.63) is 47.7 Å². The van der Waals surface area contributed by atoms with Gasteiger partial charge in [0.2, 0.25) is 0 Å². The Kier molecular flexibility index (Phi) is 5.85. The Morgan fingerprint density at radius 1 is 1.28 bits per heavy atom. The molecule has 154 valence electrons. The van der Waals surface area contributed by atoms with Crippen molar-refractivity contribution >= 4 is 11.7 Å². The highest BCUT2D eigenvalue weighted by Gasteiger charge is 2.26. The SMILES string of the molecule is Cc1ccc2c(c1)OC(CN1CCC(CNC(=O)c3cccnc3N)CC1)CO2. The number of aryl methyl sites for hydroxylation is 1. The summed E-state index contributed by atoms with van der Waals surface area (Å²) in [6.45, 7) is 6.15. The predicted molar refractivity (Wildman–Crippen MR) is 111 cm³/mol. The molecule has 1 amide bonds. The molecule has 7 nitrogen and oxygen atoms in total. The van der Waals surface area contributed by atoms with Crippen LogP contribution in [0.4, 0.5) is 5.82 Å². The van der Waals surface area contributed by atoms with Gasteiger partial charge in [0.1, 0.15) is 18.5 Å². The molecule has 0 aliphatic carbocycles. The van der Waals surface area contributed by atoms with Crippen LogP contribution in [-0.4, -0.2) is 54.7 Å². The lowest BCUT2D eigenvalue weighted by Gasteiger charge is -2.35. The van der Waals surface area contributed by atoms with Crippen LogP contribution in [0.5, 0.6) is 11.5 Å². The molecule has 1 aromatic carbocycles. The van der Waals surface area contributed by atoms with Crippen molar-refractivity contribution < 1.29 is 14.3 Å². The Balaban J connectivity index is 1.21. The fourth-order valence-corrected chi connectivity index (χ4v) is 3.92. The van der Waals surface area contributed by atoms with Crippen molar-refractivity contribution in [2.75, 3.05) is 38.5 Å². The number of carbonyl (C=O) groups excluding carboxylic acids is 1. The zero-order valence-corrected chi connectivity index (χ0v) is 16.8. The van der Waals surface area contributed by atoms with Crippen LogP contribution >= 0.6 is 0 Å². The van der Waals surface area contributed by atoms with Gasteiger partial charge >= 0.3 is 0 Å². The van der Waals surface area contributed by atoms with E-state index in [1.165, 1.54) is 5.56 Å². The molecule has 7 heteroatoms. The van der Waals surface area contributed by atoms with Gasteiger partial charge in [-0.1, -0.05) is 6.07 Å². The Hall–Kier alpha value is -2.80. The first-order valence-corrected chi connectivity index (χ1v) is 10.2. The standard InChI is InChI=1S/C22H28N4O3/c1-15-4-5-19-20(11-15)29-17(14-28-19)13-26-9-6-16(7-10-26)12-25-22(27)18-3-2-8-24-21(18)23/h2-5,8,11,16-17H,6-7,9-10,12-14H2,1H3,(H2,23,24)(H,25,27). The highest BCUT2D eigenvalue weighted by Crippen LogP contribution is 2.32. The minimum Gasteiger partial charge on any atom is -0.486 e. The maximum Gasteiger partial charge on any atom is 0.255 e. The third-order valence-corrected chi connectivity index (χ3v) is 5.62. The summed E-state index contributed by atoms with van der Waals surface area (Å²) in [6.07, 6.45) is 3.73. The lowest BCUT2D eigenvalue weighted by Crippen LogP contribution is -2.45. The smallest absolute Gasteiger partial charge is 0.255 e. The molecule has 4 rings (SSSR count). The molecule has 0 saturated carbocycles. The van der Waals surface area contributed by atoms with Gasteiger partial charge in [0.25, 0.3) is 5.91 Å². The van der Waals surface area contributed by atoms with E-state index in [0.717, 1.165) is 44.0 Å². The largest absolute Gasteiger partial charge is 0.486 e. The van der Waals surface area contributed by atoms with Gasteiger partial charge in [-0.15, -0.1) is 0 Å². The quantitative estimate of drug-likeness (QED) is 0.806. The fraction of sp³-hybridized carbons (Fsp3) is 0.455. The van der Waals surface area contributed by atoms with Crippen LogP contribution in [0.25, 0.3) is 0 Å². The first kappa shape index (κ1) is 19.5. The number of aromatic nitrogens is 1. The van der Waals surface area contributed by atoms with E-state index in [1.54, 1.807) is 18.3 Å². The van der Waals surface area contributed by atoms with E-state index < -0.39 is 0 Å². The summed E-state index contributed by atoms with van der Waals surface area (Å²) in [5.74, 6) is 2.26. The van der Waals surface area contributed by atoms with Crippen LogP contribution in [0.15, 0.2) is 36.5 Å². The Labute approximate surface area is 171 Å². The maximum absolute atomic E-state index is 12.3. The second-order valence-electron chi connectivity index (χ2n) is 7.89. The number of pyridine rings is 1. The van der Waals surface area contributed by atoms with Gasteiger partial charge in [0.05, 0.1) is 5.56 Å². The van der Waals surface area contributed by atoms with Gasteiger partial charge in [0.15, 0.2) is 11.5 Å². The van der Waals surface area contributed by atoms with Crippen molar-refractivity contribution in [1.82, 2.24) is 15.2 Å². The number of hydrogen-bond acceptors (Lipinski definition) is 6. The molecule has 3 N–H and O–H groups in total. The average Bonchev–Trinajstić information content (AvgIpc) is 2.73. The van der Waals surface area contributed by atoms with E-state index in [-0.39, 0.29) is 17.8 Å². The van der Waals surface area contributed by atoms with Gasteiger partial charge in [-0.25, -0.2) is 4.98 Å². The number of piperidine rings is 1. The second kappa shape index (κ2) is 8.69. The third kappa shape index (κ3) is 4.79. The number of nitrogens with two attached hydrogens (primary N) is 1. The summed E-state index contributed by atoms with van der Waals surface area (Å²) >= 11 is 0. The first-order chi connectivity index (χ1) is 14.1. The van der Waals surface area contributed by atoms with E-state index >= 15 is 0 Å². The molecule has 1 atom stereocenters. The number of nitrogens with one attached hydrogen (secondary N) is 1. The third-order valence-electron chi connectivity index (χ3n) is 5.62. The van der Waals surface area contributed by atoms with Crippen LogP contribution in [0.2, 0.25) is 0 Å². The molecule has 1 fully saturated rings. The number of carbonyl (C=O) groups is 1. The molecule has 2 aromatic rings. The topological polar surface area (TPSA) is 89.7 Å². The van der Waals surface area contributed by atoms with Gasteiger partial charge in [-0.05, 0) is 68.6 Å². The zero-order chi connectivity index (χ0) is 20.2. The van der Waals surface area contributed by atoms with E-state index in [4.69, 9.17) is 15.2 Å². The number of fused-ring (bicyclic) bond motifs is 1. The summed E-state index contributed by atoms with van der Waals surface area (Å²) in [5.41, 5.74) is 7.38. The van der Waals surface area contributed by atoms with Crippen molar-refractivity contribution in [2.45, 2.75) is 25.9 Å². The molecular formula is C22H28N4O3. The molecule has 0 spiro atoms. The van der Waals surface area contributed by atoms with Crippen LogP contribution < -0.4 is 20.5 Å². The zero-order valence-electron chi connectivity index (χ0n) is 16.8. The van der Waals surface area contributed by atoms with Crippen molar-refractivity contribution in [3.63, 3.8) is 0 Å². The number of ether oxygens (including phenoxy) is 2. The minimum absolute atomic E-state index is 0.0501. The van der Waals surface area contributed by atoms with Gasteiger partial charge < -0.3 is 20.5 Å². The molecule has 3 heterocycles. The van der Waals surface area contributed by atoms with E-state index in [2.05, 4.69) is 22.1 Å². The normalized spacial score (nSPS) is 19.7. The number of nitrogen functional groups attached to an aromatic ring is 1. The molecule has 29 heavy (non-hydrogen) atoms. The number of likely N-dealkylation sites (tertiary alicyclic amines) is 1. The lowest BCUT2D eigenvalue weighted by atomic mass is 9.96. The van der Waals surface area contributed by atoms with Gasteiger partial charge in [-0.2, -0.15) is 0 Å². The maximum atomic E-state index is 12.3. The summed E-state index contributed by atoms with van der Waals surface area (Å²) in [6, 6.07) is 9.46. The van der Waals surface area contributed by atoms with E-state index in [9.17, 15) is 4.79 Å². The monoisotopic (exact) mass is 396 g/mol. The Morgan fingerprint density at radius 3 is 2.90 bits per heavy atom. The highest BCUT2D eigenvalue weighted by atomic mass is 16.6. The molecule has 1 saturated heterocycles. The van der Waals surface area contributed by atoms with Gasteiger partial charge in [0, 0.05) is 19.3 Å². The van der Waals surface area contributed by atoms with Crippen molar-refractivity contribution in [3.8, 4) is 11.5 Å². The number of anilines is 1. The fourth-order valence-electron chi connectivity index (χ4n) is 3.92. The second-order valence-corrected chi connectivity index (χ2v) is 7.89. The average molecular weight is 396 g/mol. The van der Waals surface area contributed by atoms with Crippen LogP contribution in [0, 0.1) is 12.8 Å². The predicted octanol–water partition coefficient (Wildman–Crippen LogP) is 2.25. The first-order valence-electron chi connectivity index (χ1n) is 10.2. The number of hydrogen-bond donors (Lipinski definition) is 2. The molecule has 1 unspecified atom stereocenters. The highest BCUT2D eigenvalue weighted by molar-refractivity contribution is 5.98. The summed E-state index contributed by atoms with van der Waals surface area (Å²) in [7, 11) is 0.